The fourth-order valence-corrected chi connectivity index (χ4v) is 17.8. The predicted molar refractivity (Wildman–Crippen MR) is 420 cm³/mol. The van der Waals surface area contributed by atoms with Gasteiger partial charge in [-0.3, -0.25) is 24.0 Å². The summed E-state index contributed by atoms with van der Waals surface area (Å²) in [5.41, 5.74) is 0. The minimum absolute atomic E-state index is 0.830. The fraction of sp³-hybridized carbons (Fsp3) is 0.934. The maximum atomic E-state index is 13.4. The van der Waals surface area contributed by atoms with Crippen molar-refractivity contribution in [1.82, 2.24) is 26.6 Å². The highest BCUT2D eigenvalue weighted by molar-refractivity contribution is 5.75. The highest BCUT2D eigenvalue weighted by atomic mass is 16.8. The van der Waals surface area contributed by atoms with Crippen LogP contribution in [0.4, 0.5) is 0 Å². The molecule has 0 unspecified atom stereocenters. The molecule has 61 heteroatoms. The Hall–Kier alpha value is -4.69. The lowest BCUT2D eigenvalue weighted by atomic mass is 9.93. The molecule has 0 aromatic heterocycles. The van der Waals surface area contributed by atoms with Crippen LogP contribution in [-0.4, -0.2) is 593 Å². The monoisotopic (exact) mass is 2010 g/mol. The quantitative estimate of drug-likeness (QED) is 0.0277. The SMILES string of the molecule is CC(=O)N[C@@H]1[C@@H](O)[C@H](O[C@@H]2O[C@H](CO)[C@@H](O[C@@H]3O[C@H](CO[C@H]4O[C@H](CO)[C@@H](O)[C@H](O)[C@@H]4O[C@@H]4O[C@H](CO)[C@@H](O[C@@H]5O[C@H](CO)[C@H](O)[C@H](O)[C@H]5O)[C@H](O)[C@H]4NC(C)=O)[C@@H](O)[C@@H](O[C@H]4O[C@H](CO)[C@@H](O[C@@H]5O[C@H](CO)[C@@H](O[C@@H]6O[C@H](CO)[C@H](O)[C@H](O)[C@H]6O)[C@H](O)[C@H]5NC(C)=O)[C@H](O)[C@@H]4O[C@@H]4O[C@H](CO)[C@@H](O[C@H]5O[C@H](CO)[C@H](O)[C@H](O)[C@H]5O)[C@H](O)[C@H]4NC(C)=O)[C@@H]3O)[C@H](O)[C@H]2NC(C)=O)[C@@H](CO)O[C@H]1O. The summed E-state index contributed by atoms with van der Waals surface area (Å²) in [6.07, 6.45) is -109. The van der Waals surface area contributed by atoms with Crippen molar-refractivity contribution in [3.8, 4) is 0 Å². The average Bonchev–Trinajstić information content (AvgIpc) is 0.762. The van der Waals surface area contributed by atoms with Crippen LogP contribution >= 0.6 is 0 Å². The van der Waals surface area contributed by atoms with E-state index in [9.17, 15) is 177 Å². The molecule has 11 aliphatic heterocycles. The van der Waals surface area contributed by atoms with Crippen molar-refractivity contribution in [3.63, 3.8) is 0 Å². The van der Waals surface area contributed by atoms with Crippen LogP contribution in [0.25, 0.3) is 0 Å². The van der Waals surface area contributed by atoms with Gasteiger partial charge in [0.15, 0.2) is 69.2 Å². The van der Waals surface area contributed by atoms with Gasteiger partial charge in [0.25, 0.3) is 0 Å². The molecule has 0 aromatic rings. The van der Waals surface area contributed by atoms with Gasteiger partial charge in [0.2, 0.25) is 29.5 Å². The van der Waals surface area contributed by atoms with Crippen LogP contribution in [0.3, 0.4) is 0 Å². The average molecular weight is 2010 g/mol. The van der Waals surface area contributed by atoms with Crippen molar-refractivity contribution in [2.75, 3.05) is 72.7 Å². The normalized spacial score (nSPS) is 48.9. The molecular formula is C76H127N5O56. The fourth-order valence-electron chi connectivity index (χ4n) is 17.8. The van der Waals surface area contributed by atoms with Crippen LogP contribution in [0.1, 0.15) is 34.6 Å². The Kier molecular flexibility index (Phi) is 40.7. The Balaban J connectivity index is 0.983. The van der Waals surface area contributed by atoms with Crippen molar-refractivity contribution in [2.45, 2.75) is 372 Å². The van der Waals surface area contributed by atoms with E-state index >= 15 is 0 Å². The van der Waals surface area contributed by atoms with E-state index in [1.807, 2.05) is 0 Å². The van der Waals surface area contributed by atoms with Crippen LogP contribution < -0.4 is 26.6 Å². The first-order valence-corrected chi connectivity index (χ1v) is 43.7. The smallest absolute Gasteiger partial charge is 0.217 e. The topological polar surface area (TPSA) is 946 Å². The van der Waals surface area contributed by atoms with Gasteiger partial charge in [-0.05, 0) is 0 Å². The van der Waals surface area contributed by atoms with Gasteiger partial charge in [0, 0.05) is 34.6 Å². The first-order chi connectivity index (χ1) is 64.9. The van der Waals surface area contributed by atoms with E-state index in [-0.39, 0.29) is 0 Å². The molecule has 11 heterocycles. The van der Waals surface area contributed by atoms with Gasteiger partial charge in [0.05, 0.1) is 72.7 Å². The number of amides is 5. The zero-order valence-corrected chi connectivity index (χ0v) is 73.6. The van der Waals surface area contributed by atoms with Crippen LogP contribution in [0.5, 0.6) is 0 Å². The molecule has 0 aliphatic carbocycles. The lowest BCUT2D eigenvalue weighted by Crippen LogP contribution is -2.71. The Morgan fingerprint density at radius 1 is 0.190 bits per heavy atom. The maximum absolute atomic E-state index is 13.4. The molecule has 11 rings (SSSR count). The van der Waals surface area contributed by atoms with Crippen LogP contribution in [0.2, 0.25) is 0 Å². The predicted octanol–water partition coefficient (Wildman–Crippen LogP) is -24.3. The molecule has 0 spiro atoms. The van der Waals surface area contributed by atoms with E-state index in [4.69, 9.17) is 99.5 Å². The van der Waals surface area contributed by atoms with Crippen LogP contribution in [0.15, 0.2) is 0 Å². The van der Waals surface area contributed by atoms with E-state index in [0.29, 0.717) is 0 Å². The van der Waals surface area contributed by atoms with Gasteiger partial charge < -0.3 is 279 Å². The van der Waals surface area contributed by atoms with Gasteiger partial charge in [-0.2, -0.15) is 0 Å². The minimum atomic E-state index is -2.75. The molecule has 792 valence electrons. The van der Waals surface area contributed by atoms with Crippen molar-refractivity contribution >= 4 is 29.5 Å². The zero-order valence-electron chi connectivity index (χ0n) is 73.6. The second kappa shape index (κ2) is 49.5. The van der Waals surface area contributed by atoms with Gasteiger partial charge in [-0.25, -0.2) is 0 Å². The third kappa shape index (κ3) is 25.0. The van der Waals surface area contributed by atoms with Crippen molar-refractivity contribution in [3.05, 3.63) is 0 Å². The number of rotatable bonds is 36. The summed E-state index contributed by atoms with van der Waals surface area (Å²) < 4.78 is 126. The summed E-state index contributed by atoms with van der Waals surface area (Å²) in [5, 5.41) is 350. The lowest BCUT2D eigenvalue weighted by molar-refractivity contribution is -0.406. The highest BCUT2D eigenvalue weighted by Crippen LogP contribution is 2.42. The van der Waals surface area contributed by atoms with Crippen molar-refractivity contribution in [1.29, 1.82) is 0 Å². The molecule has 55 atom stereocenters. The Labute approximate surface area is 775 Å². The molecule has 0 bridgehead atoms. The summed E-state index contributed by atoms with van der Waals surface area (Å²) in [6, 6.07) is -9.91. The van der Waals surface area contributed by atoms with Crippen LogP contribution in [-0.2, 0) is 123 Å². The number of hydrogen-bond donors (Lipinski definition) is 35. The minimum Gasteiger partial charge on any atom is -0.394 e. The molecule has 11 saturated heterocycles. The lowest BCUT2D eigenvalue weighted by Gasteiger charge is -2.52. The third-order valence-corrected chi connectivity index (χ3v) is 25.0. The van der Waals surface area contributed by atoms with E-state index in [1.165, 1.54) is 0 Å². The number of carbonyl (C=O) groups excluding carboxylic acids is 5. The molecule has 61 nitrogen and oxygen atoms in total. The molecular weight excluding hydrogens is 1880 g/mol. The number of aliphatic hydroxyl groups excluding tert-OH is 30. The Morgan fingerprint density at radius 2 is 0.401 bits per heavy atom. The van der Waals surface area contributed by atoms with Crippen molar-refractivity contribution in [2.24, 2.45) is 0 Å². The molecule has 0 aromatic carbocycles. The van der Waals surface area contributed by atoms with Gasteiger partial charge in [0.1, 0.15) is 268 Å². The highest BCUT2D eigenvalue weighted by Gasteiger charge is 2.63. The number of nitrogens with one attached hydrogen (secondary N) is 5. The first kappa shape index (κ1) is 113. The number of hydrogen-bond acceptors (Lipinski definition) is 56. The molecule has 0 saturated carbocycles. The summed E-state index contributed by atoms with van der Waals surface area (Å²) in [6.45, 7) is -8.38. The Morgan fingerprint density at radius 3 is 0.701 bits per heavy atom. The summed E-state index contributed by atoms with van der Waals surface area (Å²) in [5.74, 6) is -4.90. The second-order valence-corrected chi connectivity index (χ2v) is 34.5. The zero-order chi connectivity index (χ0) is 101. The largest absolute Gasteiger partial charge is 0.394 e. The van der Waals surface area contributed by atoms with Gasteiger partial charge >= 0.3 is 0 Å². The molecule has 11 aliphatic rings. The second-order valence-electron chi connectivity index (χ2n) is 34.5. The third-order valence-electron chi connectivity index (χ3n) is 25.0. The summed E-state index contributed by atoms with van der Waals surface area (Å²) >= 11 is 0. The molecule has 0 radical (unpaired) electrons. The number of aliphatic hydroxyl groups is 30. The number of carbonyl (C=O) groups is 5. The molecule has 5 amide bonds. The molecule has 35 N–H and O–H groups in total. The van der Waals surface area contributed by atoms with Crippen LogP contribution in [0, 0.1) is 0 Å². The van der Waals surface area contributed by atoms with E-state index in [2.05, 4.69) is 26.6 Å². The van der Waals surface area contributed by atoms with E-state index in [0.717, 1.165) is 34.6 Å². The number of ether oxygens (including phenoxy) is 21. The maximum Gasteiger partial charge on any atom is 0.217 e. The first-order valence-electron chi connectivity index (χ1n) is 43.7. The van der Waals surface area contributed by atoms with E-state index < -0.39 is 440 Å². The van der Waals surface area contributed by atoms with Gasteiger partial charge in [-0.1, -0.05) is 0 Å². The van der Waals surface area contributed by atoms with E-state index in [1.54, 1.807) is 0 Å². The molecule has 11 fully saturated rings. The van der Waals surface area contributed by atoms with Crippen molar-refractivity contribution < 1.29 is 277 Å². The Bertz CT molecular complexity index is 3780. The summed E-state index contributed by atoms with van der Waals surface area (Å²) in [4.78, 5) is 65.2. The summed E-state index contributed by atoms with van der Waals surface area (Å²) in [7, 11) is 0. The standard InChI is InChI=1S/C76H127N5O56/c1-17(92)77-33-43(102)57(26(10-86)118-66(33)116)129-67-34(78-18(2)93)45(104)61(30(14-90)123-67)134-74-56(115)63(42(101)32(128-74)16-117-75-64(51(110)41(100)25(9-85)122-75)136-69-36(80-20(4)95)46(105)59(28(12-88)125-69)132-72-53(112)49(108)39(98)23(7-83)120-72)135-76-65(137-70-37(81-21(5)96)47(106)60(29(13-89)126-70)133-73-54(113)50(109)40(99)24(8-84)121-73)55(114)62(31(15-91)127-76)130-68-35(79-19(3)94)44(103)58(27(11-87)124-68)131-71-52(111)48(107)38(97)22(6-82)119-71/h22-76,82-91,97-116H,6-16H2,1-5H3,(H,77,92)(H,78,93)(H,79,94)(H,80,95)(H,81,96)/t22-,23-,24-,25-,26-,27-,28-,29-,30-,31-,32-,33-,34-,35-,36-,37-,38+,39+,40+,41-,42-,43-,44-,45-,46-,47-,48+,49+,50+,51+,52-,53-,54-,55+,56+,57-,58-,59-,60-,61-,62-,63-,64+,65+,66-,67+,68+,69+,70+,71+,72+,73-,74+,75+,76-/m1/s1. The molecule has 137 heavy (non-hydrogen) atoms. The van der Waals surface area contributed by atoms with Gasteiger partial charge in [-0.15, -0.1) is 0 Å².